The topological polar surface area (TPSA) is 86.8 Å². The van der Waals surface area contributed by atoms with E-state index < -0.39 is 28.5 Å². The molecular weight excluding hydrogens is 509 g/mol. The first-order chi connectivity index (χ1) is 16.2. The Bertz CT molecular complexity index is 1190. The molecule has 10 heteroatoms. The highest BCUT2D eigenvalue weighted by Crippen LogP contribution is 2.26. The van der Waals surface area contributed by atoms with Crippen molar-refractivity contribution in [3.63, 3.8) is 0 Å². The zero-order chi connectivity index (χ0) is 26.5. The number of nitrogens with one attached hydrogen (secondary N) is 1. The molecule has 0 heterocycles. The Hall–Kier alpha value is -2.29. The molecule has 0 saturated carbocycles. The van der Waals surface area contributed by atoms with Crippen molar-refractivity contribution in [2.24, 2.45) is 0 Å². The third kappa shape index (κ3) is 7.85. The van der Waals surface area contributed by atoms with Crippen molar-refractivity contribution in [2.45, 2.75) is 59.7 Å². The zero-order valence-electron chi connectivity index (χ0n) is 20.9. The molecule has 35 heavy (non-hydrogen) atoms. The maximum Gasteiger partial charge on any atom is 0.244 e. The lowest BCUT2D eigenvalue weighted by Gasteiger charge is -2.32. The number of halogens is 2. The maximum atomic E-state index is 13.6. The predicted octanol–water partition coefficient (Wildman–Crippen LogP) is 4.71. The molecule has 0 radical (unpaired) electrons. The van der Waals surface area contributed by atoms with Gasteiger partial charge in [0.1, 0.15) is 12.6 Å². The van der Waals surface area contributed by atoms with Crippen molar-refractivity contribution < 1.29 is 18.0 Å². The Labute approximate surface area is 218 Å². The number of benzene rings is 2. The Morgan fingerprint density at radius 1 is 1.03 bits per heavy atom. The van der Waals surface area contributed by atoms with Gasteiger partial charge in [0.15, 0.2) is 0 Å². The van der Waals surface area contributed by atoms with Crippen molar-refractivity contribution in [1.29, 1.82) is 0 Å². The molecular formula is C25H33Cl2N3O4S. The number of hydrogen-bond acceptors (Lipinski definition) is 4. The fraction of sp³-hybridized carbons (Fsp3) is 0.440. The van der Waals surface area contributed by atoms with Gasteiger partial charge >= 0.3 is 0 Å². The minimum absolute atomic E-state index is 0.0509. The van der Waals surface area contributed by atoms with Gasteiger partial charge in [-0.1, -0.05) is 53.9 Å². The maximum absolute atomic E-state index is 13.6. The molecule has 0 aromatic heterocycles. The van der Waals surface area contributed by atoms with Gasteiger partial charge in [0.25, 0.3) is 0 Å². The van der Waals surface area contributed by atoms with Gasteiger partial charge in [0, 0.05) is 12.6 Å². The molecule has 0 unspecified atom stereocenters. The van der Waals surface area contributed by atoms with E-state index in [0.29, 0.717) is 21.3 Å². The number of carbonyl (C=O) groups is 2. The Balaban J connectivity index is 2.44. The Morgan fingerprint density at radius 3 is 2.23 bits per heavy atom. The average molecular weight is 543 g/mol. The van der Waals surface area contributed by atoms with Crippen LogP contribution in [-0.2, 0) is 26.2 Å². The molecule has 0 saturated heterocycles. The molecule has 0 bridgehead atoms. The van der Waals surface area contributed by atoms with Crippen molar-refractivity contribution in [2.75, 3.05) is 17.1 Å². The third-order valence-corrected chi connectivity index (χ3v) is 7.67. The lowest BCUT2D eigenvalue weighted by atomic mass is 10.1. The van der Waals surface area contributed by atoms with Crippen LogP contribution in [0.2, 0.25) is 10.0 Å². The van der Waals surface area contributed by atoms with Crippen LogP contribution in [0.25, 0.3) is 0 Å². The van der Waals surface area contributed by atoms with E-state index in [9.17, 15) is 18.0 Å². The summed E-state index contributed by atoms with van der Waals surface area (Å²) >= 11 is 12.2. The summed E-state index contributed by atoms with van der Waals surface area (Å²) in [4.78, 5) is 27.9. The number of nitrogens with zero attached hydrogens (tertiary/aromatic N) is 2. The molecule has 2 rings (SSSR count). The summed E-state index contributed by atoms with van der Waals surface area (Å²) in [6.45, 7) is 8.74. The van der Waals surface area contributed by atoms with E-state index in [0.717, 1.165) is 28.1 Å². The highest BCUT2D eigenvalue weighted by Gasteiger charge is 2.31. The fourth-order valence-corrected chi connectivity index (χ4v) is 4.79. The standard InChI is InChI=1S/C25H33Cl2N3O4S/c1-7-18(4)28-25(32)19(5)29(14-20-9-10-21(26)22(27)13-20)24(31)15-30(35(6,33)34)23-11-8-16(2)12-17(23)3/h8-13,18-19H,7,14-15H2,1-6H3,(H,28,32)/t18-,19+/m0/s1. The molecule has 0 aliphatic rings. The van der Waals surface area contributed by atoms with Crippen LogP contribution in [0.15, 0.2) is 36.4 Å². The molecule has 0 spiro atoms. The smallest absolute Gasteiger partial charge is 0.244 e. The predicted molar refractivity (Wildman–Crippen MR) is 142 cm³/mol. The molecule has 192 valence electrons. The number of anilines is 1. The number of hydrogen-bond donors (Lipinski definition) is 1. The second-order valence-corrected chi connectivity index (χ2v) is 11.5. The number of rotatable bonds is 10. The van der Waals surface area contributed by atoms with Crippen LogP contribution in [0.5, 0.6) is 0 Å². The van der Waals surface area contributed by atoms with Gasteiger partial charge in [-0.05, 0) is 63.4 Å². The molecule has 2 amide bonds. The van der Waals surface area contributed by atoms with E-state index in [4.69, 9.17) is 23.2 Å². The van der Waals surface area contributed by atoms with Gasteiger partial charge in [-0.3, -0.25) is 13.9 Å². The van der Waals surface area contributed by atoms with Crippen LogP contribution in [0.1, 0.15) is 43.9 Å². The molecule has 2 atom stereocenters. The molecule has 0 aliphatic heterocycles. The van der Waals surface area contributed by atoms with E-state index in [1.807, 2.05) is 26.8 Å². The lowest BCUT2D eigenvalue weighted by molar-refractivity contribution is -0.139. The number of amides is 2. The first-order valence-electron chi connectivity index (χ1n) is 11.3. The minimum atomic E-state index is -3.79. The van der Waals surface area contributed by atoms with Crippen molar-refractivity contribution in [3.8, 4) is 0 Å². The Kier molecular flexibility index (Phi) is 10.0. The van der Waals surface area contributed by atoms with Crippen LogP contribution in [-0.4, -0.2) is 50.0 Å². The molecule has 0 aliphatic carbocycles. The first-order valence-corrected chi connectivity index (χ1v) is 13.9. The monoisotopic (exact) mass is 541 g/mol. The fourth-order valence-electron chi connectivity index (χ4n) is 3.56. The van der Waals surface area contributed by atoms with Gasteiger partial charge in [-0.2, -0.15) is 0 Å². The van der Waals surface area contributed by atoms with Gasteiger partial charge in [0.2, 0.25) is 21.8 Å². The quantitative estimate of drug-likeness (QED) is 0.471. The highest BCUT2D eigenvalue weighted by atomic mass is 35.5. The van der Waals surface area contributed by atoms with Gasteiger partial charge < -0.3 is 10.2 Å². The van der Waals surface area contributed by atoms with E-state index in [1.165, 1.54) is 4.90 Å². The largest absolute Gasteiger partial charge is 0.352 e. The minimum Gasteiger partial charge on any atom is -0.352 e. The van der Waals surface area contributed by atoms with Crippen LogP contribution in [0, 0.1) is 13.8 Å². The van der Waals surface area contributed by atoms with E-state index in [2.05, 4.69) is 5.32 Å². The number of aryl methyl sites for hydroxylation is 2. The molecule has 0 fully saturated rings. The van der Waals surface area contributed by atoms with Crippen molar-refractivity contribution in [1.82, 2.24) is 10.2 Å². The van der Waals surface area contributed by atoms with Crippen molar-refractivity contribution >= 4 is 50.7 Å². The van der Waals surface area contributed by atoms with E-state index >= 15 is 0 Å². The van der Waals surface area contributed by atoms with Crippen LogP contribution < -0.4 is 9.62 Å². The van der Waals surface area contributed by atoms with Crippen LogP contribution in [0.3, 0.4) is 0 Å². The lowest BCUT2D eigenvalue weighted by Crippen LogP contribution is -2.52. The number of sulfonamides is 1. The SMILES string of the molecule is CC[C@H](C)NC(=O)[C@@H](C)N(Cc1ccc(Cl)c(Cl)c1)C(=O)CN(c1ccc(C)cc1C)S(C)(=O)=O. The van der Waals surface area contributed by atoms with Gasteiger partial charge in [-0.25, -0.2) is 8.42 Å². The van der Waals surface area contributed by atoms with E-state index in [1.54, 1.807) is 44.2 Å². The summed E-state index contributed by atoms with van der Waals surface area (Å²) in [7, 11) is -3.79. The molecule has 2 aromatic rings. The van der Waals surface area contributed by atoms with Gasteiger partial charge in [-0.15, -0.1) is 0 Å². The van der Waals surface area contributed by atoms with E-state index in [-0.39, 0.29) is 18.5 Å². The summed E-state index contributed by atoms with van der Waals surface area (Å²) in [6.07, 6.45) is 1.79. The van der Waals surface area contributed by atoms with Crippen LogP contribution >= 0.6 is 23.2 Å². The zero-order valence-corrected chi connectivity index (χ0v) is 23.3. The van der Waals surface area contributed by atoms with Gasteiger partial charge in [0.05, 0.1) is 22.0 Å². The third-order valence-electron chi connectivity index (χ3n) is 5.81. The normalized spacial score (nSPS) is 13.1. The summed E-state index contributed by atoms with van der Waals surface area (Å²) in [5.41, 5.74) is 2.77. The second kappa shape index (κ2) is 12.1. The van der Waals surface area contributed by atoms with Crippen molar-refractivity contribution in [3.05, 3.63) is 63.1 Å². The summed E-state index contributed by atoms with van der Waals surface area (Å²) in [5.74, 6) is -0.849. The summed E-state index contributed by atoms with van der Waals surface area (Å²) in [6, 6.07) is 9.36. The summed E-state index contributed by atoms with van der Waals surface area (Å²) in [5, 5.41) is 3.58. The second-order valence-electron chi connectivity index (χ2n) is 8.82. The Morgan fingerprint density at radius 2 is 1.69 bits per heavy atom. The summed E-state index contributed by atoms with van der Waals surface area (Å²) < 4.78 is 26.5. The molecule has 1 N–H and O–H groups in total. The average Bonchev–Trinajstić information content (AvgIpc) is 2.77. The molecule has 2 aromatic carbocycles. The first kappa shape index (κ1) is 28.9. The van der Waals surface area contributed by atoms with Crippen LogP contribution in [0.4, 0.5) is 5.69 Å². The highest BCUT2D eigenvalue weighted by molar-refractivity contribution is 7.92. The number of carbonyl (C=O) groups excluding carboxylic acids is 2. The molecule has 7 nitrogen and oxygen atoms in total.